The molecule has 0 aliphatic carbocycles. The van der Waals surface area contributed by atoms with Crippen molar-refractivity contribution >= 4 is 11.6 Å². The summed E-state index contributed by atoms with van der Waals surface area (Å²) >= 11 is 0. The fourth-order valence-electron chi connectivity index (χ4n) is 3.23. The van der Waals surface area contributed by atoms with E-state index in [4.69, 9.17) is 9.47 Å². The summed E-state index contributed by atoms with van der Waals surface area (Å²) in [5.74, 6) is 1.23. The summed E-state index contributed by atoms with van der Waals surface area (Å²) in [4.78, 5) is 14.8. The normalized spacial score (nSPS) is 12.9. The molecule has 0 saturated carbocycles. The van der Waals surface area contributed by atoms with Crippen LogP contribution in [-0.2, 0) is 0 Å². The van der Waals surface area contributed by atoms with E-state index in [2.05, 4.69) is 0 Å². The number of hydrogen-bond donors (Lipinski definition) is 0. The second-order valence-electron chi connectivity index (χ2n) is 6.46. The van der Waals surface area contributed by atoms with E-state index in [0.29, 0.717) is 30.3 Å². The summed E-state index contributed by atoms with van der Waals surface area (Å²) in [7, 11) is 1.80. The molecule has 0 bridgehead atoms. The molecule has 0 fully saturated rings. The van der Waals surface area contributed by atoms with Crippen LogP contribution in [0.3, 0.4) is 0 Å². The van der Waals surface area contributed by atoms with Crippen LogP contribution >= 0.6 is 0 Å². The molecule has 3 aromatic rings. The van der Waals surface area contributed by atoms with Crippen LogP contribution in [0.15, 0.2) is 72.8 Å². The molecule has 27 heavy (non-hydrogen) atoms. The predicted molar refractivity (Wildman–Crippen MR) is 107 cm³/mol. The van der Waals surface area contributed by atoms with Crippen LogP contribution in [0, 0.1) is 0 Å². The van der Waals surface area contributed by atoms with Gasteiger partial charge in [-0.25, -0.2) is 0 Å². The summed E-state index contributed by atoms with van der Waals surface area (Å²) in [6.45, 7) is 1.22. The predicted octanol–water partition coefficient (Wildman–Crippen LogP) is 4.79. The van der Waals surface area contributed by atoms with E-state index in [-0.39, 0.29) is 5.91 Å². The molecule has 4 heteroatoms. The number of amides is 1. The Morgan fingerprint density at radius 1 is 0.852 bits per heavy atom. The molecule has 1 aliphatic heterocycles. The highest BCUT2D eigenvalue weighted by atomic mass is 16.5. The van der Waals surface area contributed by atoms with E-state index in [1.54, 1.807) is 24.1 Å². The molecule has 0 N–H and O–H groups in total. The lowest BCUT2D eigenvalue weighted by Gasteiger charge is -2.21. The van der Waals surface area contributed by atoms with Crippen LogP contribution in [0.5, 0.6) is 11.5 Å². The van der Waals surface area contributed by atoms with Crippen LogP contribution in [0.4, 0.5) is 5.69 Å². The van der Waals surface area contributed by atoms with Crippen LogP contribution < -0.4 is 14.4 Å². The monoisotopic (exact) mass is 359 g/mol. The molecule has 1 heterocycles. The number of anilines is 1. The minimum atomic E-state index is -0.0889. The van der Waals surface area contributed by atoms with Crippen LogP contribution in [-0.4, -0.2) is 26.2 Å². The Balaban J connectivity index is 1.67. The van der Waals surface area contributed by atoms with E-state index < -0.39 is 0 Å². The van der Waals surface area contributed by atoms with Crippen molar-refractivity contribution in [3.63, 3.8) is 0 Å². The standard InChI is InChI=1S/C23H21NO3/c1-24(20-11-6-5-10-19(20)17-8-3-2-4-9-17)23(25)18-12-13-21-22(16-18)27-15-7-14-26-21/h2-6,8-13,16H,7,14-15H2,1H3. The van der Waals surface area contributed by atoms with Gasteiger partial charge in [0, 0.05) is 24.6 Å². The Morgan fingerprint density at radius 3 is 2.37 bits per heavy atom. The zero-order valence-electron chi connectivity index (χ0n) is 15.2. The number of benzene rings is 3. The number of nitrogens with zero attached hydrogens (tertiary/aromatic N) is 1. The molecule has 136 valence electrons. The van der Waals surface area contributed by atoms with E-state index in [1.165, 1.54) is 0 Å². The average molecular weight is 359 g/mol. The van der Waals surface area contributed by atoms with Crippen molar-refractivity contribution in [2.24, 2.45) is 0 Å². The molecule has 0 radical (unpaired) electrons. The third-order valence-electron chi connectivity index (χ3n) is 4.65. The van der Waals surface area contributed by atoms with E-state index in [0.717, 1.165) is 23.2 Å². The number of carbonyl (C=O) groups is 1. The van der Waals surface area contributed by atoms with Crippen molar-refractivity contribution in [3.8, 4) is 22.6 Å². The van der Waals surface area contributed by atoms with Gasteiger partial charge in [-0.15, -0.1) is 0 Å². The summed E-state index contributed by atoms with van der Waals surface area (Å²) in [5, 5.41) is 0. The van der Waals surface area contributed by atoms with Crippen LogP contribution in [0.25, 0.3) is 11.1 Å². The molecular formula is C23H21NO3. The number of carbonyl (C=O) groups excluding carboxylic acids is 1. The summed E-state index contributed by atoms with van der Waals surface area (Å²) < 4.78 is 11.4. The van der Waals surface area contributed by atoms with Crippen molar-refractivity contribution < 1.29 is 14.3 Å². The third-order valence-corrected chi connectivity index (χ3v) is 4.65. The smallest absolute Gasteiger partial charge is 0.258 e. The Labute approximate surface area is 159 Å². The fraction of sp³-hybridized carbons (Fsp3) is 0.174. The Hall–Kier alpha value is -3.27. The van der Waals surface area contributed by atoms with Crippen molar-refractivity contribution in [2.45, 2.75) is 6.42 Å². The van der Waals surface area contributed by atoms with Gasteiger partial charge in [-0.05, 0) is 29.8 Å². The maximum absolute atomic E-state index is 13.1. The lowest BCUT2D eigenvalue weighted by Crippen LogP contribution is -2.26. The molecule has 1 aliphatic rings. The molecule has 0 atom stereocenters. The van der Waals surface area contributed by atoms with Crippen LogP contribution in [0.1, 0.15) is 16.8 Å². The molecule has 4 rings (SSSR count). The highest BCUT2D eigenvalue weighted by molar-refractivity contribution is 6.08. The van der Waals surface area contributed by atoms with Crippen molar-refractivity contribution in [1.82, 2.24) is 0 Å². The molecule has 0 spiro atoms. The van der Waals surface area contributed by atoms with Gasteiger partial charge in [0.2, 0.25) is 0 Å². The average Bonchev–Trinajstić information content (AvgIpc) is 2.98. The highest BCUT2D eigenvalue weighted by Gasteiger charge is 2.19. The van der Waals surface area contributed by atoms with E-state index in [1.807, 2.05) is 60.7 Å². The number of fused-ring (bicyclic) bond motifs is 1. The summed E-state index contributed by atoms with van der Waals surface area (Å²) in [6, 6.07) is 23.4. The fourth-order valence-corrected chi connectivity index (χ4v) is 3.23. The van der Waals surface area contributed by atoms with Gasteiger partial charge in [-0.1, -0.05) is 48.5 Å². The van der Waals surface area contributed by atoms with Gasteiger partial charge in [0.25, 0.3) is 5.91 Å². The second kappa shape index (κ2) is 7.54. The first-order valence-corrected chi connectivity index (χ1v) is 9.06. The van der Waals surface area contributed by atoms with Crippen molar-refractivity contribution in [2.75, 3.05) is 25.2 Å². The zero-order chi connectivity index (χ0) is 18.6. The molecule has 4 nitrogen and oxygen atoms in total. The highest BCUT2D eigenvalue weighted by Crippen LogP contribution is 2.33. The maximum atomic E-state index is 13.1. The van der Waals surface area contributed by atoms with Gasteiger partial charge in [0.05, 0.1) is 18.9 Å². The first kappa shape index (κ1) is 17.2. The molecule has 1 amide bonds. The molecular weight excluding hydrogens is 338 g/mol. The first-order chi connectivity index (χ1) is 13.2. The Bertz CT molecular complexity index is 953. The minimum absolute atomic E-state index is 0.0889. The zero-order valence-corrected chi connectivity index (χ0v) is 15.2. The number of rotatable bonds is 3. The van der Waals surface area contributed by atoms with Gasteiger partial charge in [-0.2, -0.15) is 0 Å². The lowest BCUT2D eigenvalue weighted by molar-refractivity contribution is 0.0992. The maximum Gasteiger partial charge on any atom is 0.258 e. The molecule has 0 unspecified atom stereocenters. The van der Waals surface area contributed by atoms with Crippen molar-refractivity contribution in [1.29, 1.82) is 0 Å². The molecule has 0 saturated heterocycles. The molecule has 0 aromatic heterocycles. The van der Waals surface area contributed by atoms with Crippen molar-refractivity contribution in [3.05, 3.63) is 78.4 Å². The molecule has 3 aromatic carbocycles. The summed E-state index contributed by atoms with van der Waals surface area (Å²) in [5.41, 5.74) is 3.53. The summed E-state index contributed by atoms with van der Waals surface area (Å²) in [6.07, 6.45) is 0.836. The second-order valence-corrected chi connectivity index (χ2v) is 6.46. The van der Waals surface area contributed by atoms with Gasteiger partial charge in [0.1, 0.15) is 0 Å². The Kier molecular flexibility index (Phi) is 4.79. The van der Waals surface area contributed by atoms with Gasteiger partial charge in [0.15, 0.2) is 11.5 Å². The topological polar surface area (TPSA) is 38.8 Å². The van der Waals surface area contributed by atoms with E-state index in [9.17, 15) is 4.79 Å². The van der Waals surface area contributed by atoms with Gasteiger partial charge < -0.3 is 14.4 Å². The quantitative estimate of drug-likeness (QED) is 0.675. The van der Waals surface area contributed by atoms with Crippen LogP contribution in [0.2, 0.25) is 0 Å². The number of hydrogen-bond acceptors (Lipinski definition) is 3. The Morgan fingerprint density at radius 2 is 1.56 bits per heavy atom. The van der Waals surface area contributed by atoms with Gasteiger partial charge >= 0.3 is 0 Å². The first-order valence-electron chi connectivity index (χ1n) is 9.06. The number of para-hydroxylation sites is 1. The van der Waals surface area contributed by atoms with E-state index >= 15 is 0 Å². The SMILES string of the molecule is CN(C(=O)c1ccc2c(c1)OCCCO2)c1ccccc1-c1ccccc1. The van der Waals surface area contributed by atoms with Gasteiger partial charge in [-0.3, -0.25) is 4.79 Å². The minimum Gasteiger partial charge on any atom is -0.490 e. The lowest BCUT2D eigenvalue weighted by atomic mass is 10.0. The third kappa shape index (κ3) is 3.51. The number of ether oxygens (including phenoxy) is 2. The largest absolute Gasteiger partial charge is 0.490 e.